The zero-order valence-electron chi connectivity index (χ0n) is 16.8. The molecule has 0 aliphatic rings. The second-order valence-electron chi connectivity index (χ2n) is 6.35. The normalized spacial score (nSPS) is 11.3. The number of rotatable bonds is 8. The van der Waals surface area contributed by atoms with E-state index in [0.29, 0.717) is 29.4 Å². The van der Waals surface area contributed by atoms with Gasteiger partial charge in [-0.1, -0.05) is 48.5 Å². The maximum atomic E-state index is 13.1. The van der Waals surface area contributed by atoms with E-state index in [1.165, 1.54) is 7.11 Å². The van der Waals surface area contributed by atoms with Crippen LogP contribution in [-0.2, 0) is 9.53 Å². The lowest BCUT2D eigenvalue weighted by Crippen LogP contribution is -2.26. The molecule has 1 atom stereocenters. The van der Waals surface area contributed by atoms with E-state index in [1.54, 1.807) is 66.7 Å². The summed E-state index contributed by atoms with van der Waals surface area (Å²) in [5.74, 6) is -0.0457. The molecule has 0 aromatic heterocycles. The van der Waals surface area contributed by atoms with Crippen molar-refractivity contribution in [2.24, 2.45) is 0 Å². The van der Waals surface area contributed by atoms with Crippen LogP contribution in [0.15, 0.2) is 78.9 Å². The van der Waals surface area contributed by atoms with Gasteiger partial charge in [0.1, 0.15) is 11.5 Å². The number of carbonyl (C=O) groups excluding carboxylic acids is 2. The summed E-state index contributed by atoms with van der Waals surface area (Å²) in [6.45, 7) is 2.32. The van der Waals surface area contributed by atoms with Crippen LogP contribution in [0.25, 0.3) is 0 Å². The molecule has 0 bridgehead atoms. The van der Waals surface area contributed by atoms with Crippen LogP contribution in [-0.4, -0.2) is 25.6 Å². The summed E-state index contributed by atoms with van der Waals surface area (Å²) in [6, 6.07) is 22.5. The predicted octanol–water partition coefficient (Wildman–Crippen LogP) is 4.63. The van der Waals surface area contributed by atoms with Gasteiger partial charge < -0.3 is 19.5 Å². The highest BCUT2D eigenvalue weighted by Gasteiger charge is 2.26. The molecular weight excluding hydrogens is 382 g/mol. The fourth-order valence-electron chi connectivity index (χ4n) is 2.88. The van der Waals surface area contributed by atoms with Crippen LogP contribution < -0.4 is 14.8 Å². The van der Waals surface area contributed by atoms with E-state index in [1.807, 2.05) is 19.1 Å². The van der Waals surface area contributed by atoms with E-state index in [9.17, 15) is 9.59 Å². The quantitative estimate of drug-likeness (QED) is 0.553. The van der Waals surface area contributed by atoms with Crippen molar-refractivity contribution in [1.82, 2.24) is 0 Å². The number of nitrogens with one attached hydrogen (secondary N) is 1. The first-order chi connectivity index (χ1) is 14.6. The number of ether oxygens (including phenoxy) is 3. The van der Waals surface area contributed by atoms with E-state index in [-0.39, 0.29) is 5.56 Å². The molecule has 0 saturated carbocycles. The molecule has 6 nitrogen and oxygen atoms in total. The summed E-state index contributed by atoms with van der Waals surface area (Å²) in [7, 11) is 1.51. The Morgan fingerprint density at radius 1 is 0.933 bits per heavy atom. The van der Waals surface area contributed by atoms with Crippen LogP contribution in [0.3, 0.4) is 0 Å². The van der Waals surface area contributed by atoms with E-state index < -0.39 is 18.0 Å². The fourth-order valence-corrected chi connectivity index (χ4v) is 2.88. The lowest BCUT2D eigenvalue weighted by atomic mass is 10.1. The summed E-state index contributed by atoms with van der Waals surface area (Å²) >= 11 is 0. The molecule has 0 aliphatic carbocycles. The average molecular weight is 405 g/mol. The van der Waals surface area contributed by atoms with Gasteiger partial charge in [-0.15, -0.1) is 0 Å². The van der Waals surface area contributed by atoms with Gasteiger partial charge in [-0.2, -0.15) is 0 Å². The van der Waals surface area contributed by atoms with Crippen LogP contribution in [0.4, 0.5) is 5.69 Å². The molecule has 0 radical (unpaired) electrons. The number of hydrogen-bond donors (Lipinski definition) is 1. The number of carbonyl (C=O) groups is 2. The monoisotopic (exact) mass is 405 g/mol. The Bertz CT molecular complexity index is 1000. The van der Waals surface area contributed by atoms with Crippen molar-refractivity contribution < 1.29 is 23.8 Å². The van der Waals surface area contributed by atoms with E-state index >= 15 is 0 Å². The first-order valence-corrected chi connectivity index (χ1v) is 9.55. The Morgan fingerprint density at radius 3 is 2.40 bits per heavy atom. The molecule has 0 saturated heterocycles. The molecule has 6 heteroatoms. The molecule has 154 valence electrons. The van der Waals surface area contributed by atoms with Gasteiger partial charge in [0.05, 0.1) is 25.0 Å². The Balaban J connectivity index is 1.86. The van der Waals surface area contributed by atoms with Gasteiger partial charge in [0.2, 0.25) is 6.10 Å². The van der Waals surface area contributed by atoms with E-state index in [0.717, 1.165) is 0 Å². The second kappa shape index (κ2) is 10.1. The number of hydrogen-bond acceptors (Lipinski definition) is 5. The lowest BCUT2D eigenvalue weighted by molar-refractivity contribution is -0.125. The molecule has 30 heavy (non-hydrogen) atoms. The molecule has 0 spiro atoms. The maximum absolute atomic E-state index is 13.1. The smallest absolute Gasteiger partial charge is 0.339 e. The third-order valence-electron chi connectivity index (χ3n) is 4.32. The van der Waals surface area contributed by atoms with E-state index in [4.69, 9.17) is 14.2 Å². The minimum absolute atomic E-state index is 0.290. The van der Waals surface area contributed by atoms with Crippen molar-refractivity contribution in [2.45, 2.75) is 13.0 Å². The maximum Gasteiger partial charge on any atom is 0.339 e. The Morgan fingerprint density at radius 2 is 1.67 bits per heavy atom. The third kappa shape index (κ3) is 5.17. The first kappa shape index (κ1) is 20.9. The summed E-state index contributed by atoms with van der Waals surface area (Å²) in [5.41, 5.74) is 1.35. The van der Waals surface area contributed by atoms with Gasteiger partial charge in [-0.25, -0.2) is 4.79 Å². The molecule has 1 amide bonds. The Kier molecular flexibility index (Phi) is 7.05. The molecule has 0 heterocycles. The van der Waals surface area contributed by atoms with Crippen molar-refractivity contribution in [3.63, 3.8) is 0 Å². The summed E-state index contributed by atoms with van der Waals surface area (Å²) in [5, 5.41) is 2.81. The number of para-hydroxylation sites is 2. The zero-order chi connectivity index (χ0) is 21.3. The highest BCUT2D eigenvalue weighted by atomic mass is 16.5. The Labute approximate surface area is 175 Å². The number of esters is 1. The zero-order valence-corrected chi connectivity index (χ0v) is 16.8. The fraction of sp³-hybridized carbons (Fsp3) is 0.167. The summed E-state index contributed by atoms with van der Waals surface area (Å²) in [4.78, 5) is 25.8. The number of anilines is 1. The van der Waals surface area contributed by atoms with Crippen molar-refractivity contribution in [3.8, 4) is 11.5 Å². The molecule has 3 aromatic carbocycles. The van der Waals surface area contributed by atoms with Crippen molar-refractivity contribution >= 4 is 17.6 Å². The van der Waals surface area contributed by atoms with Crippen LogP contribution in [0.2, 0.25) is 0 Å². The topological polar surface area (TPSA) is 73.9 Å². The van der Waals surface area contributed by atoms with Crippen LogP contribution in [0.1, 0.15) is 28.9 Å². The van der Waals surface area contributed by atoms with Gasteiger partial charge in [0.25, 0.3) is 5.91 Å². The lowest BCUT2D eigenvalue weighted by Gasteiger charge is -2.19. The van der Waals surface area contributed by atoms with Crippen LogP contribution in [0.5, 0.6) is 11.5 Å². The molecule has 0 unspecified atom stereocenters. The van der Waals surface area contributed by atoms with Crippen LogP contribution >= 0.6 is 0 Å². The molecule has 3 rings (SSSR count). The largest absolute Gasteiger partial charge is 0.497 e. The minimum Gasteiger partial charge on any atom is -0.497 e. The highest BCUT2D eigenvalue weighted by molar-refractivity contribution is 5.99. The first-order valence-electron chi connectivity index (χ1n) is 9.55. The highest BCUT2D eigenvalue weighted by Crippen LogP contribution is 2.27. The number of amides is 1. The van der Waals surface area contributed by atoms with Crippen molar-refractivity contribution in [3.05, 3.63) is 90.0 Å². The SMILES string of the molecule is CCOc1ccccc1NC(=O)[C@H](OC(=O)c1cccc(OC)c1)c1ccccc1. The van der Waals surface area contributed by atoms with Crippen molar-refractivity contribution in [2.75, 3.05) is 19.0 Å². The molecular formula is C24H23NO5. The van der Waals surface area contributed by atoms with Gasteiger partial charge in [0.15, 0.2) is 0 Å². The Hall–Kier alpha value is -3.80. The minimum atomic E-state index is -1.14. The number of benzene rings is 3. The van der Waals surface area contributed by atoms with Gasteiger partial charge in [-0.05, 0) is 37.3 Å². The third-order valence-corrected chi connectivity index (χ3v) is 4.32. The van der Waals surface area contributed by atoms with Gasteiger partial charge >= 0.3 is 5.97 Å². The van der Waals surface area contributed by atoms with E-state index in [2.05, 4.69) is 5.32 Å². The summed E-state index contributed by atoms with van der Waals surface area (Å²) < 4.78 is 16.3. The average Bonchev–Trinajstić information content (AvgIpc) is 2.79. The van der Waals surface area contributed by atoms with Crippen LogP contribution in [0, 0.1) is 0 Å². The predicted molar refractivity (Wildman–Crippen MR) is 114 cm³/mol. The molecule has 3 aromatic rings. The number of methoxy groups -OCH3 is 1. The second-order valence-corrected chi connectivity index (χ2v) is 6.35. The van der Waals surface area contributed by atoms with Gasteiger partial charge in [0, 0.05) is 5.56 Å². The molecule has 0 fully saturated rings. The molecule has 0 aliphatic heterocycles. The van der Waals surface area contributed by atoms with Crippen molar-refractivity contribution in [1.29, 1.82) is 0 Å². The summed E-state index contributed by atoms with van der Waals surface area (Å²) in [6.07, 6.45) is -1.14. The standard InChI is InChI=1S/C24H23NO5/c1-3-29-21-15-8-7-14-20(21)25-23(26)22(17-10-5-4-6-11-17)30-24(27)18-12-9-13-19(16-18)28-2/h4-16,22H,3H2,1-2H3,(H,25,26)/t22-/m1/s1. The van der Waals surface area contributed by atoms with Gasteiger partial charge in [-0.3, -0.25) is 4.79 Å². The molecule has 1 N–H and O–H groups in total.